The van der Waals surface area contributed by atoms with Gasteiger partial charge in [-0.1, -0.05) is 31.7 Å². The van der Waals surface area contributed by atoms with E-state index in [1.165, 1.54) is 0 Å². The minimum Gasteiger partial charge on any atom is -0.458 e. The SMILES string of the molecule is C=C1C(=O)OC2CC(=C)C3C(OC(=O)C(C)=CC)CC(C)(O)C3(C)CC12. The van der Waals surface area contributed by atoms with Crippen molar-refractivity contribution in [1.82, 2.24) is 0 Å². The summed E-state index contributed by atoms with van der Waals surface area (Å²) in [5.74, 6) is -1.07. The molecule has 1 aliphatic heterocycles. The minimum absolute atomic E-state index is 0.146. The number of ether oxygens (including phenoxy) is 2. The Labute approximate surface area is 154 Å². The third kappa shape index (κ3) is 2.64. The third-order valence-electron chi connectivity index (χ3n) is 6.86. The Hall–Kier alpha value is -1.88. The monoisotopic (exact) mass is 360 g/mol. The number of hydrogen-bond acceptors (Lipinski definition) is 5. The first-order valence-corrected chi connectivity index (χ1v) is 9.15. The zero-order valence-corrected chi connectivity index (χ0v) is 16.0. The fourth-order valence-electron chi connectivity index (χ4n) is 4.96. The Morgan fingerprint density at radius 2 is 2.00 bits per heavy atom. The zero-order chi connectivity index (χ0) is 19.4. The van der Waals surface area contributed by atoms with Crippen molar-refractivity contribution in [2.75, 3.05) is 0 Å². The Bertz CT molecular complexity index is 716. The summed E-state index contributed by atoms with van der Waals surface area (Å²) in [6.45, 7) is 15.4. The molecule has 5 heteroatoms. The molecule has 3 aliphatic rings. The van der Waals surface area contributed by atoms with Crippen LogP contribution < -0.4 is 0 Å². The lowest BCUT2D eigenvalue weighted by Gasteiger charge is -2.41. The standard InChI is InChI=1S/C21H28O5/c1-7-11(2)18(22)26-16-10-21(6,24)20(5)9-14-13(4)19(23)25-15(14)8-12(3)17(16)20/h7,14-17,24H,3-4,8-10H2,1-2,5-6H3. The summed E-state index contributed by atoms with van der Waals surface area (Å²) < 4.78 is 11.3. The van der Waals surface area contributed by atoms with Gasteiger partial charge in [-0.15, -0.1) is 0 Å². The maximum absolute atomic E-state index is 12.3. The van der Waals surface area contributed by atoms with E-state index in [1.54, 1.807) is 26.8 Å². The molecule has 0 radical (unpaired) electrons. The van der Waals surface area contributed by atoms with E-state index in [0.29, 0.717) is 30.4 Å². The number of rotatable bonds is 2. The van der Waals surface area contributed by atoms with Crippen LogP contribution in [0.1, 0.15) is 47.0 Å². The molecule has 26 heavy (non-hydrogen) atoms. The van der Waals surface area contributed by atoms with Gasteiger partial charge in [0.2, 0.25) is 0 Å². The van der Waals surface area contributed by atoms with Gasteiger partial charge in [0.15, 0.2) is 0 Å². The molecular formula is C21H28O5. The minimum atomic E-state index is -1.06. The van der Waals surface area contributed by atoms with Crippen molar-refractivity contribution in [3.63, 3.8) is 0 Å². The van der Waals surface area contributed by atoms with E-state index in [1.807, 2.05) is 6.92 Å². The van der Waals surface area contributed by atoms with E-state index in [2.05, 4.69) is 13.2 Å². The molecule has 3 rings (SSSR count). The third-order valence-corrected chi connectivity index (χ3v) is 6.86. The van der Waals surface area contributed by atoms with Crippen LogP contribution in [-0.4, -0.2) is 34.9 Å². The molecule has 142 valence electrons. The summed E-state index contributed by atoms with van der Waals surface area (Å²) in [5.41, 5.74) is 0.212. The van der Waals surface area contributed by atoms with E-state index in [0.717, 1.165) is 5.57 Å². The van der Waals surface area contributed by atoms with Crippen molar-refractivity contribution in [2.24, 2.45) is 17.3 Å². The summed E-state index contributed by atoms with van der Waals surface area (Å²) in [7, 11) is 0. The molecular weight excluding hydrogens is 332 g/mol. The average Bonchev–Trinajstić information content (AvgIpc) is 2.85. The second-order valence-electron chi connectivity index (χ2n) is 8.43. The van der Waals surface area contributed by atoms with E-state index in [-0.39, 0.29) is 29.9 Å². The van der Waals surface area contributed by atoms with Crippen molar-refractivity contribution in [1.29, 1.82) is 0 Å². The molecule has 2 aliphatic carbocycles. The van der Waals surface area contributed by atoms with Crippen LogP contribution in [0.4, 0.5) is 0 Å². The first kappa shape index (κ1) is 18.9. The van der Waals surface area contributed by atoms with Gasteiger partial charge in [0.25, 0.3) is 0 Å². The van der Waals surface area contributed by atoms with E-state index in [9.17, 15) is 14.7 Å². The second kappa shape index (κ2) is 6.08. The van der Waals surface area contributed by atoms with Gasteiger partial charge in [0, 0.05) is 41.2 Å². The molecule has 0 bridgehead atoms. The van der Waals surface area contributed by atoms with Gasteiger partial charge in [0.05, 0.1) is 5.60 Å². The van der Waals surface area contributed by atoms with Crippen molar-refractivity contribution in [2.45, 2.75) is 64.8 Å². The molecule has 1 saturated heterocycles. The number of carbonyl (C=O) groups excluding carboxylic acids is 2. The summed E-state index contributed by atoms with van der Waals surface area (Å²) in [5, 5.41) is 11.2. The van der Waals surface area contributed by atoms with Crippen LogP contribution >= 0.6 is 0 Å². The molecule has 0 aromatic carbocycles. The summed E-state index contributed by atoms with van der Waals surface area (Å²) in [6, 6.07) is 0. The van der Waals surface area contributed by atoms with Crippen LogP contribution in [0.25, 0.3) is 0 Å². The molecule has 6 unspecified atom stereocenters. The topological polar surface area (TPSA) is 72.8 Å². The number of allylic oxidation sites excluding steroid dienone is 1. The number of fused-ring (bicyclic) bond motifs is 2. The second-order valence-corrected chi connectivity index (χ2v) is 8.43. The highest BCUT2D eigenvalue weighted by atomic mass is 16.6. The number of aliphatic hydroxyl groups is 1. The fourth-order valence-corrected chi connectivity index (χ4v) is 4.96. The average molecular weight is 360 g/mol. The Balaban J connectivity index is 1.97. The lowest BCUT2D eigenvalue weighted by molar-refractivity contribution is -0.146. The predicted octanol–water partition coefficient (Wildman–Crippen LogP) is 3.09. The van der Waals surface area contributed by atoms with Crippen LogP contribution in [0, 0.1) is 17.3 Å². The van der Waals surface area contributed by atoms with Gasteiger partial charge in [-0.25, -0.2) is 9.59 Å². The van der Waals surface area contributed by atoms with Crippen molar-refractivity contribution < 1.29 is 24.2 Å². The highest BCUT2D eigenvalue weighted by Crippen LogP contribution is 2.61. The maximum atomic E-state index is 12.3. The molecule has 3 fully saturated rings. The largest absolute Gasteiger partial charge is 0.458 e. The molecule has 0 aromatic heterocycles. The summed E-state index contributed by atoms with van der Waals surface area (Å²) in [6.07, 6.45) is 2.36. The van der Waals surface area contributed by atoms with Crippen molar-refractivity contribution in [3.8, 4) is 0 Å². The highest BCUT2D eigenvalue weighted by molar-refractivity contribution is 5.91. The molecule has 6 atom stereocenters. The molecule has 0 aromatic rings. The van der Waals surface area contributed by atoms with E-state index < -0.39 is 17.1 Å². The van der Waals surface area contributed by atoms with E-state index >= 15 is 0 Å². The van der Waals surface area contributed by atoms with Crippen molar-refractivity contribution >= 4 is 11.9 Å². The van der Waals surface area contributed by atoms with Gasteiger partial charge in [0.1, 0.15) is 12.2 Å². The lowest BCUT2D eigenvalue weighted by atomic mass is 9.65. The van der Waals surface area contributed by atoms with Crippen LogP contribution in [0.15, 0.2) is 36.0 Å². The van der Waals surface area contributed by atoms with Crippen molar-refractivity contribution in [3.05, 3.63) is 36.0 Å². The number of esters is 2. The molecule has 5 nitrogen and oxygen atoms in total. The van der Waals surface area contributed by atoms with Gasteiger partial charge in [-0.3, -0.25) is 0 Å². The lowest BCUT2D eigenvalue weighted by Crippen LogP contribution is -2.44. The maximum Gasteiger partial charge on any atom is 0.334 e. The van der Waals surface area contributed by atoms with Gasteiger partial charge < -0.3 is 14.6 Å². The first-order valence-electron chi connectivity index (χ1n) is 9.15. The molecule has 1 N–H and O–H groups in total. The Morgan fingerprint density at radius 1 is 1.35 bits per heavy atom. The van der Waals surface area contributed by atoms with Crippen LogP contribution in [0.5, 0.6) is 0 Å². The summed E-state index contributed by atoms with van der Waals surface area (Å²) >= 11 is 0. The molecule has 0 amide bonds. The molecule has 2 saturated carbocycles. The normalized spacial score (nSPS) is 42.8. The van der Waals surface area contributed by atoms with Crippen LogP contribution in [0.2, 0.25) is 0 Å². The summed E-state index contributed by atoms with van der Waals surface area (Å²) in [4.78, 5) is 24.3. The van der Waals surface area contributed by atoms with Crippen LogP contribution in [0.3, 0.4) is 0 Å². The molecule has 1 heterocycles. The van der Waals surface area contributed by atoms with Gasteiger partial charge in [-0.2, -0.15) is 0 Å². The first-order chi connectivity index (χ1) is 12.0. The zero-order valence-electron chi connectivity index (χ0n) is 16.0. The van der Waals surface area contributed by atoms with E-state index in [4.69, 9.17) is 9.47 Å². The number of hydrogen-bond donors (Lipinski definition) is 1. The smallest absolute Gasteiger partial charge is 0.334 e. The quantitative estimate of drug-likeness (QED) is 0.465. The predicted molar refractivity (Wildman–Crippen MR) is 97.0 cm³/mol. The number of carbonyl (C=O) groups is 2. The fraction of sp³-hybridized carbons (Fsp3) is 0.619. The Morgan fingerprint density at radius 3 is 2.62 bits per heavy atom. The molecule has 0 spiro atoms. The van der Waals surface area contributed by atoms with Gasteiger partial charge >= 0.3 is 11.9 Å². The highest BCUT2D eigenvalue weighted by Gasteiger charge is 2.64. The van der Waals surface area contributed by atoms with Gasteiger partial charge in [-0.05, 0) is 27.2 Å². The van der Waals surface area contributed by atoms with Crippen LogP contribution in [-0.2, 0) is 19.1 Å². The Kier molecular flexibility index (Phi) is 4.42.